The van der Waals surface area contributed by atoms with Crippen LogP contribution < -0.4 is 0 Å². The van der Waals surface area contributed by atoms with E-state index in [1.165, 1.54) is 24.3 Å². The molecule has 0 aliphatic heterocycles. The molecule has 202 valence electrons. The van der Waals surface area contributed by atoms with Crippen LogP contribution in [0.1, 0.15) is 11.1 Å². The summed E-state index contributed by atoms with van der Waals surface area (Å²) in [6, 6.07) is 48.5. The molecule has 0 radical (unpaired) electrons. The quantitative estimate of drug-likeness (QED) is 0.177. The highest BCUT2D eigenvalue weighted by atomic mass is 19.1. The topological polar surface area (TPSA) is 24.7 Å². The summed E-state index contributed by atoms with van der Waals surface area (Å²) < 4.78 is 27.9. The maximum atomic E-state index is 14.0. The van der Waals surface area contributed by atoms with E-state index < -0.39 is 0 Å². The van der Waals surface area contributed by atoms with E-state index in [9.17, 15) is 8.78 Å². The Hall–Kier alpha value is -5.48. The zero-order chi connectivity index (χ0) is 28.7. The highest BCUT2D eigenvalue weighted by molar-refractivity contribution is 6.54. The fourth-order valence-electron chi connectivity index (χ4n) is 4.70. The molecule has 0 aliphatic rings. The van der Waals surface area contributed by atoms with Crippen LogP contribution in [0.3, 0.4) is 0 Å². The van der Waals surface area contributed by atoms with E-state index in [0.717, 1.165) is 22.3 Å². The minimum Gasteiger partial charge on any atom is -0.246 e. The predicted octanol–water partition coefficient (Wildman–Crippen LogP) is 10.2. The fourth-order valence-corrected chi connectivity index (χ4v) is 4.70. The highest BCUT2D eigenvalue weighted by Crippen LogP contribution is 2.27. The van der Waals surface area contributed by atoms with Crippen molar-refractivity contribution in [2.75, 3.05) is 0 Å². The van der Waals surface area contributed by atoms with Crippen LogP contribution in [0.25, 0.3) is 22.3 Å². The molecule has 0 spiro atoms. The SMILES string of the molecule is Fc1ccc(C(=Nc2ccc(-c3ccccc3)cc2)C(=Nc2ccc(-c3ccccc3)cc2)c2ccc(F)cc2)cc1. The lowest BCUT2D eigenvalue weighted by Crippen LogP contribution is -2.17. The Morgan fingerprint density at radius 3 is 0.976 bits per heavy atom. The first-order valence-corrected chi connectivity index (χ1v) is 13.6. The smallest absolute Gasteiger partial charge is 0.123 e. The lowest BCUT2D eigenvalue weighted by molar-refractivity contribution is 0.627. The predicted molar refractivity (Wildman–Crippen MR) is 169 cm³/mol. The lowest BCUT2D eigenvalue weighted by Gasteiger charge is -2.13. The molecule has 0 aromatic heterocycles. The molecule has 0 heterocycles. The molecule has 0 aliphatic carbocycles. The molecular formula is C38H26F2N2. The van der Waals surface area contributed by atoms with Gasteiger partial charge in [-0.05, 0) is 95.1 Å². The maximum Gasteiger partial charge on any atom is 0.123 e. The van der Waals surface area contributed by atoms with Gasteiger partial charge >= 0.3 is 0 Å². The fraction of sp³-hybridized carbons (Fsp3) is 0. The van der Waals surface area contributed by atoms with Gasteiger partial charge in [0.05, 0.1) is 22.8 Å². The van der Waals surface area contributed by atoms with Gasteiger partial charge in [-0.25, -0.2) is 18.8 Å². The van der Waals surface area contributed by atoms with Crippen molar-refractivity contribution in [3.63, 3.8) is 0 Å². The normalized spacial score (nSPS) is 11.9. The molecule has 0 N–H and O–H groups in total. The third-order valence-electron chi connectivity index (χ3n) is 6.89. The second kappa shape index (κ2) is 12.4. The third-order valence-corrected chi connectivity index (χ3v) is 6.89. The number of hydrogen-bond acceptors (Lipinski definition) is 2. The summed E-state index contributed by atoms with van der Waals surface area (Å²) in [6.07, 6.45) is 0. The van der Waals surface area contributed by atoms with Crippen LogP contribution >= 0.6 is 0 Å². The van der Waals surface area contributed by atoms with Crippen molar-refractivity contribution in [2.45, 2.75) is 0 Å². The summed E-state index contributed by atoms with van der Waals surface area (Å²) in [6.45, 7) is 0. The van der Waals surface area contributed by atoms with Crippen molar-refractivity contribution >= 4 is 22.8 Å². The second-order valence-corrected chi connectivity index (χ2v) is 9.76. The van der Waals surface area contributed by atoms with E-state index in [-0.39, 0.29) is 11.6 Å². The van der Waals surface area contributed by atoms with Crippen LogP contribution in [-0.2, 0) is 0 Å². The maximum absolute atomic E-state index is 14.0. The van der Waals surface area contributed by atoms with E-state index in [0.29, 0.717) is 33.9 Å². The summed E-state index contributed by atoms with van der Waals surface area (Å²) in [5, 5.41) is 0. The Morgan fingerprint density at radius 1 is 0.333 bits per heavy atom. The molecule has 6 aromatic carbocycles. The summed E-state index contributed by atoms with van der Waals surface area (Å²) in [5.74, 6) is -0.691. The molecule has 4 heteroatoms. The first-order valence-electron chi connectivity index (χ1n) is 13.6. The molecule has 2 nitrogen and oxygen atoms in total. The Balaban J connectivity index is 1.47. The third kappa shape index (κ3) is 6.29. The molecule has 0 bridgehead atoms. The van der Waals surface area contributed by atoms with Gasteiger partial charge in [0.2, 0.25) is 0 Å². The van der Waals surface area contributed by atoms with Gasteiger partial charge in [-0.1, -0.05) is 84.9 Å². The van der Waals surface area contributed by atoms with E-state index in [1.807, 2.05) is 84.9 Å². The Kier molecular flexibility index (Phi) is 7.87. The van der Waals surface area contributed by atoms with Crippen LogP contribution in [0.4, 0.5) is 20.2 Å². The van der Waals surface area contributed by atoms with Crippen molar-refractivity contribution < 1.29 is 8.78 Å². The standard InChI is InChI=1S/C38H26F2N2/c39-33-19-11-31(12-20-33)37(41-35-23-15-29(16-24-35)27-7-3-1-4-8-27)38(32-13-21-34(40)22-14-32)42-36-25-17-30(18-26-36)28-9-5-2-6-10-28/h1-26H. The molecule has 6 aromatic rings. The zero-order valence-corrected chi connectivity index (χ0v) is 22.7. The highest BCUT2D eigenvalue weighted by Gasteiger charge is 2.16. The monoisotopic (exact) mass is 548 g/mol. The largest absolute Gasteiger partial charge is 0.246 e. The number of aliphatic imine (C=N–C) groups is 2. The van der Waals surface area contributed by atoms with Gasteiger partial charge in [-0.2, -0.15) is 0 Å². The van der Waals surface area contributed by atoms with Gasteiger partial charge in [0.15, 0.2) is 0 Å². The van der Waals surface area contributed by atoms with Crippen molar-refractivity contribution in [1.82, 2.24) is 0 Å². The first kappa shape index (κ1) is 26.7. The number of rotatable bonds is 7. The molecule has 6 rings (SSSR count). The van der Waals surface area contributed by atoms with Crippen molar-refractivity contribution in [3.05, 3.63) is 180 Å². The summed E-state index contributed by atoms with van der Waals surface area (Å²) in [5.41, 5.74) is 8.25. The van der Waals surface area contributed by atoms with Gasteiger partial charge in [0.25, 0.3) is 0 Å². The number of nitrogens with zero attached hydrogens (tertiary/aromatic N) is 2. The van der Waals surface area contributed by atoms with Gasteiger partial charge in [-0.15, -0.1) is 0 Å². The van der Waals surface area contributed by atoms with Gasteiger partial charge in [0.1, 0.15) is 11.6 Å². The molecule has 0 saturated heterocycles. The Morgan fingerprint density at radius 2 is 0.643 bits per heavy atom. The van der Waals surface area contributed by atoms with Crippen LogP contribution in [0.15, 0.2) is 168 Å². The average molecular weight is 549 g/mol. The van der Waals surface area contributed by atoms with E-state index in [4.69, 9.17) is 9.98 Å². The summed E-state index contributed by atoms with van der Waals surface area (Å²) in [7, 11) is 0. The summed E-state index contributed by atoms with van der Waals surface area (Å²) in [4.78, 5) is 10.0. The van der Waals surface area contributed by atoms with Gasteiger partial charge in [-0.3, -0.25) is 0 Å². The molecule has 0 saturated carbocycles. The number of halogens is 2. The molecule has 0 fully saturated rings. The number of benzene rings is 6. The van der Waals surface area contributed by atoms with Crippen molar-refractivity contribution in [2.24, 2.45) is 9.98 Å². The van der Waals surface area contributed by atoms with E-state index in [2.05, 4.69) is 24.3 Å². The minimum atomic E-state index is -0.345. The molecule has 0 unspecified atom stereocenters. The number of hydrogen-bond donors (Lipinski definition) is 0. The molecule has 42 heavy (non-hydrogen) atoms. The van der Waals surface area contributed by atoms with E-state index in [1.54, 1.807) is 24.3 Å². The zero-order valence-electron chi connectivity index (χ0n) is 22.7. The molecule has 0 amide bonds. The van der Waals surface area contributed by atoms with Crippen LogP contribution in [0, 0.1) is 11.6 Å². The lowest BCUT2D eigenvalue weighted by atomic mass is 9.98. The summed E-state index contributed by atoms with van der Waals surface area (Å²) >= 11 is 0. The second-order valence-electron chi connectivity index (χ2n) is 9.76. The van der Waals surface area contributed by atoms with Gasteiger partial charge in [0, 0.05) is 11.1 Å². The van der Waals surface area contributed by atoms with Crippen molar-refractivity contribution in [3.8, 4) is 22.3 Å². The van der Waals surface area contributed by atoms with Crippen LogP contribution in [-0.4, -0.2) is 11.4 Å². The average Bonchev–Trinajstić information content (AvgIpc) is 3.05. The van der Waals surface area contributed by atoms with Crippen molar-refractivity contribution in [1.29, 1.82) is 0 Å². The Labute approximate surface area is 244 Å². The first-order chi connectivity index (χ1) is 20.6. The van der Waals surface area contributed by atoms with E-state index >= 15 is 0 Å². The van der Waals surface area contributed by atoms with Gasteiger partial charge < -0.3 is 0 Å². The van der Waals surface area contributed by atoms with Crippen LogP contribution in [0.5, 0.6) is 0 Å². The minimum absolute atomic E-state index is 0.345. The Bertz CT molecular complexity index is 1680. The molecule has 0 atom stereocenters. The van der Waals surface area contributed by atoms with Crippen LogP contribution in [0.2, 0.25) is 0 Å². The molecular weight excluding hydrogens is 522 g/mol.